The molecule has 0 unspecified atom stereocenters. The fourth-order valence-corrected chi connectivity index (χ4v) is 2.95. The van der Waals surface area contributed by atoms with E-state index in [4.69, 9.17) is 0 Å². The molecule has 0 aliphatic carbocycles. The second-order valence-corrected chi connectivity index (χ2v) is 5.42. The molecule has 90 valence electrons. The van der Waals surface area contributed by atoms with E-state index in [1.807, 2.05) is 0 Å². The van der Waals surface area contributed by atoms with Crippen molar-refractivity contribution in [2.24, 2.45) is 0 Å². The summed E-state index contributed by atoms with van der Waals surface area (Å²) in [6.07, 6.45) is 3.58. The molecule has 1 aromatic heterocycles. The van der Waals surface area contributed by atoms with Crippen LogP contribution in [0.4, 0.5) is 12.9 Å². The Bertz CT molecular complexity index is 350. The van der Waals surface area contributed by atoms with Crippen molar-refractivity contribution < 1.29 is 64.3 Å². The van der Waals surface area contributed by atoms with Crippen LogP contribution in [0.3, 0.4) is 0 Å². The zero-order chi connectivity index (χ0) is 11.6. The third kappa shape index (κ3) is 4.97. The molecule has 0 amide bonds. The molecule has 1 aromatic rings. The summed E-state index contributed by atoms with van der Waals surface area (Å²) in [5.74, 6) is 0. The van der Waals surface area contributed by atoms with Crippen molar-refractivity contribution in [2.75, 3.05) is 13.1 Å². The average molecular weight is 287 g/mol. The van der Waals surface area contributed by atoms with E-state index in [1.165, 1.54) is 25.3 Å². The summed E-state index contributed by atoms with van der Waals surface area (Å²) in [7, 11) is 0. The molecule has 1 aliphatic rings. The van der Waals surface area contributed by atoms with Crippen molar-refractivity contribution in [3.63, 3.8) is 0 Å². The Labute approximate surface area is 146 Å². The van der Waals surface area contributed by atoms with Gasteiger partial charge >= 0.3 is 58.4 Å². The van der Waals surface area contributed by atoms with Crippen LogP contribution in [-0.2, 0) is 6.54 Å². The molecule has 2 heterocycles. The predicted molar refractivity (Wildman–Crippen MR) is 62.2 cm³/mol. The number of hydrogen-bond donors (Lipinski definition) is 0. The van der Waals surface area contributed by atoms with Gasteiger partial charge in [-0.3, -0.25) is 4.90 Å². The van der Waals surface area contributed by atoms with Gasteiger partial charge < -0.3 is 12.9 Å². The van der Waals surface area contributed by atoms with Gasteiger partial charge in [-0.05, 0) is 32.0 Å². The monoisotopic (exact) mass is 287 g/mol. The minimum Gasteiger partial charge on any atom is -0.444 e. The van der Waals surface area contributed by atoms with Crippen molar-refractivity contribution in [3.05, 3.63) is 17.0 Å². The summed E-state index contributed by atoms with van der Waals surface area (Å²) < 4.78 is 36.9. The first kappa shape index (κ1) is 16.2. The topological polar surface area (TPSA) is 3.24 Å². The smallest absolute Gasteiger partial charge is 0.444 e. The van der Waals surface area contributed by atoms with E-state index in [2.05, 4.69) is 4.90 Å². The summed E-state index contributed by atoms with van der Waals surface area (Å²) >= 11 is 0.895. The van der Waals surface area contributed by atoms with E-state index in [9.17, 15) is 12.9 Å². The van der Waals surface area contributed by atoms with Crippen LogP contribution in [0.5, 0.6) is 0 Å². The molecule has 0 N–H and O–H groups in total. The first-order chi connectivity index (χ1) is 7.55. The van der Waals surface area contributed by atoms with Crippen LogP contribution in [0, 0.1) is 0 Å². The quantitative estimate of drug-likeness (QED) is 0.696. The van der Waals surface area contributed by atoms with Crippen molar-refractivity contribution >= 4 is 23.1 Å². The second-order valence-electron chi connectivity index (χ2n) is 4.22. The van der Waals surface area contributed by atoms with Gasteiger partial charge in [0, 0.05) is 11.4 Å². The molecule has 1 saturated heterocycles. The van der Waals surface area contributed by atoms with Crippen molar-refractivity contribution in [2.45, 2.75) is 25.8 Å². The third-order valence-corrected chi connectivity index (χ3v) is 4.00. The molecule has 7 heteroatoms. The average Bonchev–Trinajstić information content (AvgIpc) is 2.67. The summed E-state index contributed by atoms with van der Waals surface area (Å²) in [5, 5.41) is 0. The van der Waals surface area contributed by atoms with Crippen LogP contribution < -0.4 is 56.2 Å². The van der Waals surface area contributed by atoms with Gasteiger partial charge in [-0.15, -0.1) is 0 Å². The largest absolute Gasteiger partial charge is 1.00 e. The SMILES string of the molecule is F[B-](F)(F)c1ccc(CN2CCCCC2)s1.[K+]. The molecule has 0 atom stereocenters. The van der Waals surface area contributed by atoms with Crippen LogP contribution in [0.1, 0.15) is 24.1 Å². The van der Waals surface area contributed by atoms with Gasteiger partial charge in [-0.25, -0.2) is 0 Å². The van der Waals surface area contributed by atoms with Gasteiger partial charge in [-0.2, -0.15) is 11.3 Å². The van der Waals surface area contributed by atoms with Gasteiger partial charge in [0.2, 0.25) is 0 Å². The van der Waals surface area contributed by atoms with E-state index in [0.29, 0.717) is 6.54 Å². The first-order valence-electron chi connectivity index (χ1n) is 5.56. The normalized spacial score (nSPS) is 17.8. The maximum atomic E-state index is 12.4. The second kappa shape index (κ2) is 7.07. The van der Waals surface area contributed by atoms with Crippen LogP contribution >= 0.6 is 11.3 Å². The van der Waals surface area contributed by atoms with Crippen molar-refractivity contribution in [1.82, 2.24) is 4.90 Å². The zero-order valence-corrected chi connectivity index (χ0v) is 13.9. The fourth-order valence-electron chi connectivity index (χ4n) is 1.99. The van der Waals surface area contributed by atoms with E-state index >= 15 is 0 Å². The molecule has 0 radical (unpaired) electrons. The maximum Gasteiger partial charge on any atom is 1.00 e. The molecular weight excluding hydrogens is 273 g/mol. The Balaban J connectivity index is 0.00000144. The molecule has 1 fully saturated rings. The minimum atomic E-state index is -4.81. The molecule has 0 spiro atoms. The van der Waals surface area contributed by atoms with Gasteiger partial charge in [-0.1, -0.05) is 17.3 Å². The summed E-state index contributed by atoms with van der Waals surface area (Å²) in [4.78, 5) is 3.07. The minimum absolute atomic E-state index is 0. The molecular formula is C10H14BF3KNS. The molecule has 0 aromatic carbocycles. The summed E-state index contributed by atoms with van der Waals surface area (Å²) in [6.45, 7) is -2.10. The molecule has 0 bridgehead atoms. The van der Waals surface area contributed by atoms with E-state index < -0.39 is 11.8 Å². The van der Waals surface area contributed by atoms with E-state index in [-0.39, 0.29) is 51.4 Å². The van der Waals surface area contributed by atoms with Gasteiger partial charge in [0.25, 0.3) is 0 Å². The Hall–Kier alpha value is 1.15. The van der Waals surface area contributed by atoms with E-state index in [0.717, 1.165) is 29.3 Å². The van der Waals surface area contributed by atoms with Crippen molar-refractivity contribution in [3.8, 4) is 0 Å². The Morgan fingerprint density at radius 3 is 2.29 bits per heavy atom. The molecule has 1 nitrogen and oxygen atoms in total. The number of piperidine rings is 1. The van der Waals surface area contributed by atoms with Crippen molar-refractivity contribution in [1.29, 1.82) is 0 Å². The summed E-state index contributed by atoms with van der Waals surface area (Å²) in [5.41, 5.74) is 0. The molecule has 0 saturated carbocycles. The number of thiophene rings is 1. The molecule has 1 aliphatic heterocycles. The Morgan fingerprint density at radius 1 is 1.12 bits per heavy atom. The van der Waals surface area contributed by atoms with Crippen LogP contribution in [0.2, 0.25) is 0 Å². The standard InChI is InChI=1S/C10H14BF3NS.K/c12-11(13,14)10-5-4-9(16-10)8-15-6-2-1-3-7-15;/h4-5H,1-3,6-8H2;/q-1;+1. The molecule has 2 rings (SSSR count). The van der Waals surface area contributed by atoms with E-state index in [1.54, 1.807) is 6.07 Å². The maximum absolute atomic E-state index is 12.4. The zero-order valence-electron chi connectivity index (χ0n) is 9.96. The van der Waals surface area contributed by atoms with Crippen LogP contribution in [0.15, 0.2) is 12.1 Å². The van der Waals surface area contributed by atoms with Gasteiger partial charge in [0.15, 0.2) is 0 Å². The molecule has 17 heavy (non-hydrogen) atoms. The number of likely N-dealkylation sites (tertiary alicyclic amines) is 1. The first-order valence-corrected chi connectivity index (χ1v) is 6.38. The number of hydrogen-bond acceptors (Lipinski definition) is 2. The third-order valence-electron chi connectivity index (χ3n) is 2.83. The predicted octanol–water partition coefficient (Wildman–Crippen LogP) is -0.208. The Kier molecular flexibility index (Phi) is 6.74. The number of halogens is 3. The van der Waals surface area contributed by atoms with Gasteiger partial charge in [0.1, 0.15) is 0 Å². The number of rotatable bonds is 3. The van der Waals surface area contributed by atoms with Crippen LogP contribution in [0.25, 0.3) is 0 Å². The van der Waals surface area contributed by atoms with Gasteiger partial charge in [0.05, 0.1) is 0 Å². The fraction of sp³-hybridized carbons (Fsp3) is 0.600. The summed E-state index contributed by atoms with van der Waals surface area (Å²) in [6, 6.07) is 2.83. The number of nitrogens with zero attached hydrogens (tertiary/aromatic N) is 1. The Morgan fingerprint density at radius 2 is 1.76 bits per heavy atom. The van der Waals surface area contributed by atoms with Crippen LogP contribution in [-0.4, -0.2) is 25.0 Å².